The van der Waals surface area contributed by atoms with Gasteiger partial charge in [0.15, 0.2) is 0 Å². The zero-order valence-corrected chi connectivity index (χ0v) is 23.9. The molecule has 0 aliphatic heterocycles. The maximum Gasteiger partial charge on any atom is 0.408 e. The third-order valence-corrected chi connectivity index (χ3v) is 6.22. The first-order chi connectivity index (χ1) is 19.3. The smallest absolute Gasteiger partial charge is 0.408 e. The summed E-state index contributed by atoms with van der Waals surface area (Å²) in [7, 11) is 0. The van der Waals surface area contributed by atoms with Crippen LogP contribution in [0.1, 0.15) is 49.9 Å². The average molecular weight is 558 g/mol. The van der Waals surface area contributed by atoms with Crippen LogP contribution in [0.3, 0.4) is 0 Å². The summed E-state index contributed by atoms with van der Waals surface area (Å²) < 4.78 is 5.26. The molecule has 0 aliphatic rings. The van der Waals surface area contributed by atoms with Gasteiger partial charge in [-0.2, -0.15) is 5.26 Å². The fraction of sp³-hybridized carbons (Fsp3) is 0.323. The molecule has 0 radical (unpaired) electrons. The maximum absolute atomic E-state index is 14.0. The summed E-state index contributed by atoms with van der Waals surface area (Å²) in [6, 6.07) is 17.7. The molecular formula is C31H35N5O5. The van der Waals surface area contributed by atoms with Crippen molar-refractivity contribution < 1.29 is 23.9 Å². The van der Waals surface area contributed by atoms with E-state index >= 15 is 0 Å². The van der Waals surface area contributed by atoms with Crippen molar-refractivity contribution in [1.82, 2.24) is 10.2 Å². The number of nitrogens with two attached hydrogens (primary N) is 1. The first kappa shape index (κ1) is 30.6. The van der Waals surface area contributed by atoms with E-state index in [9.17, 15) is 24.4 Å². The second-order valence-electron chi connectivity index (χ2n) is 10.8. The summed E-state index contributed by atoms with van der Waals surface area (Å²) >= 11 is 0. The molecule has 4 amide bonds. The van der Waals surface area contributed by atoms with E-state index in [-0.39, 0.29) is 0 Å². The van der Waals surface area contributed by atoms with Crippen molar-refractivity contribution in [2.75, 3.05) is 11.9 Å². The predicted molar refractivity (Wildman–Crippen MR) is 156 cm³/mol. The Hall–Kier alpha value is -4.91. The zero-order chi connectivity index (χ0) is 30.3. The minimum atomic E-state index is -1.48. The van der Waals surface area contributed by atoms with Gasteiger partial charge in [0.25, 0.3) is 5.91 Å². The van der Waals surface area contributed by atoms with E-state index in [1.54, 1.807) is 39.8 Å². The number of nitrogens with one attached hydrogen (secondary N) is 2. The topological polar surface area (TPSA) is 155 Å². The summed E-state index contributed by atoms with van der Waals surface area (Å²) in [4.78, 5) is 53.4. The molecule has 214 valence electrons. The molecule has 41 heavy (non-hydrogen) atoms. The number of benzene rings is 3. The van der Waals surface area contributed by atoms with Gasteiger partial charge >= 0.3 is 6.09 Å². The summed E-state index contributed by atoms with van der Waals surface area (Å²) in [6.45, 7) is 8.07. The van der Waals surface area contributed by atoms with Crippen LogP contribution in [0.15, 0.2) is 60.7 Å². The van der Waals surface area contributed by atoms with Crippen molar-refractivity contribution in [3.8, 4) is 6.07 Å². The van der Waals surface area contributed by atoms with Gasteiger partial charge in [0.1, 0.15) is 24.2 Å². The van der Waals surface area contributed by atoms with E-state index in [4.69, 9.17) is 10.5 Å². The summed E-state index contributed by atoms with van der Waals surface area (Å²) in [5, 5.41) is 16.9. The number of hydrogen-bond donors (Lipinski definition) is 3. The van der Waals surface area contributed by atoms with E-state index in [1.165, 1.54) is 0 Å². The molecule has 2 atom stereocenters. The number of anilines is 1. The van der Waals surface area contributed by atoms with Crippen LogP contribution in [0.2, 0.25) is 0 Å². The second-order valence-corrected chi connectivity index (χ2v) is 10.8. The molecular weight excluding hydrogens is 522 g/mol. The van der Waals surface area contributed by atoms with Crippen molar-refractivity contribution in [2.45, 2.75) is 58.7 Å². The van der Waals surface area contributed by atoms with Crippen molar-refractivity contribution in [3.05, 3.63) is 77.4 Å². The van der Waals surface area contributed by atoms with E-state index in [0.29, 0.717) is 16.8 Å². The van der Waals surface area contributed by atoms with Gasteiger partial charge in [-0.1, -0.05) is 54.1 Å². The highest BCUT2D eigenvalue weighted by Crippen LogP contribution is 2.29. The van der Waals surface area contributed by atoms with Crippen LogP contribution in [0.25, 0.3) is 10.8 Å². The average Bonchev–Trinajstić information content (AvgIpc) is 2.88. The third-order valence-electron chi connectivity index (χ3n) is 6.22. The van der Waals surface area contributed by atoms with Crippen LogP contribution < -0.4 is 16.4 Å². The molecule has 10 heteroatoms. The SMILES string of the molecule is Cc1ccc(C)c(C(C(=O)Nc2ccc3ccccc3c2)N(CC#N)C(=O)C(CC(N)=O)NC(=O)OC(C)(C)C)c1. The molecule has 0 aromatic heterocycles. The van der Waals surface area contributed by atoms with Crippen LogP contribution in [0, 0.1) is 25.2 Å². The number of fused-ring (bicyclic) bond motifs is 1. The van der Waals surface area contributed by atoms with Gasteiger partial charge in [-0.15, -0.1) is 0 Å². The van der Waals surface area contributed by atoms with Gasteiger partial charge in [-0.25, -0.2) is 4.79 Å². The first-order valence-corrected chi connectivity index (χ1v) is 13.1. The number of ether oxygens (including phenoxy) is 1. The van der Waals surface area contributed by atoms with Crippen LogP contribution in [0.4, 0.5) is 10.5 Å². The van der Waals surface area contributed by atoms with Gasteiger partial charge in [0.2, 0.25) is 11.8 Å². The predicted octanol–water partition coefficient (Wildman–Crippen LogP) is 4.26. The largest absolute Gasteiger partial charge is 0.444 e. The van der Waals surface area contributed by atoms with Gasteiger partial charge in [0.05, 0.1) is 12.5 Å². The summed E-state index contributed by atoms with van der Waals surface area (Å²) in [6.07, 6.45) is -1.51. The Morgan fingerprint density at radius 3 is 2.32 bits per heavy atom. The lowest BCUT2D eigenvalue weighted by atomic mass is 9.95. The molecule has 0 saturated heterocycles. The standard InChI is InChI=1S/C31H35N5O5/c1-19-10-11-20(2)24(16-19)27(28(38)34-23-13-12-21-8-6-7-9-22(21)17-23)36(15-14-32)29(39)25(18-26(33)37)35-30(40)41-31(3,4)5/h6-13,16-17,25,27H,15,18H2,1-5H3,(H2,33,37)(H,34,38)(H,35,40). The zero-order valence-electron chi connectivity index (χ0n) is 23.9. The van der Waals surface area contributed by atoms with Crippen LogP contribution >= 0.6 is 0 Å². The monoisotopic (exact) mass is 557 g/mol. The van der Waals surface area contributed by atoms with Crippen LogP contribution in [-0.2, 0) is 19.1 Å². The number of alkyl carbamates (subject to hydrolysis) is 1. The van der Waals surface area contributed by atoms with Crippen molar-refractivity contribution in [1.29, 1.82) is 5.26 Å². The van der Waals surface area contributed by atoms with Crippen LogP contribution in [-0.4, -0.2) is 46.9 Å². The number of amides is 4. The molecule has 0 heterocycles. The number of nitrogens with zero attached hydrogens (tertiary/aromatic N) is 2. The van der Waals surface area contributed by atoms with Crippen molar-refractivity contribution in [3.63, 3.8) is 0 Å². The number of hydrogen-bond acceptors (Lipinski definition) is 6. The van der Waals surface area contributed by atoms with Crippen LogP contribution in [0.5, 0.6) is 0 Å². The highest BCUT2D eigenvalue weighted by atomic mass is 16.6. The molecule has 3 aromatic carbocycles. The fourth-order valence-corrected chi connectivity index (χ4v) is 4.41. The molecule has 2 unspecified atom stereocenters. The Morgan fingerprint density at radius 1 is 1.00 bits per heavy atom. The highest BCUT2D eigenvalue weighted by Gasteiger charge is 2.37. The molecule has 10 nitrogen and oxygen atoms in total. The Kier molecular flexibility index (Phi) is 9.68. The maximum atomic E-state index is 14.0. The summed E-state index contributed by atoms with van der Waals surface area (Å²) in [5.41, 5.74) is 7.04. The summed E-state index contributed by atoms with van der Waals surface area (Å²) in [5.74, 6) is -2.27. The number of nitriles is 1. The molecule has 0 aliphatic carbocycles. The lowest BCUT2D eigenvalue weighted by Gasteiger charge is -2.33. The van der Waals surface area contributed by atoms with Gasteiger partial charge < -0.3 is 26.0 Å². The Morgan fingerprint density at radius 2 is 1.68 bits per heavy atom. The van der Waals surface area contributed by atoms with E-state index in [1.807, 2.05) is 61.5 Å². The molecule has 3 rings (SSSR count). The minimum absolute atomic E-state index is 0.488. The molecule has 0 saturated carbocycles. The number of carbonyl (C=O) groups is 4. The number of rotatable bonds is 9. The van der Waals surface area contributed by atoms with E-state index in [2.05, 4.69) is 10.6 Å². The molecule has 0 fully saturated rings. The Balaban J connectivity index is 2.06. The normalized spacial score (nSPS) is 12.5. The second kappa shape index (κ2) is 13.0. The van der Waals surface area contributed by atoms with Gasteiger partial charge in [-0.05, 0) is 68.7 Å². The third kappa shape index (κ3) is 8.29. The van der Waals surface area contributed by atoms with Gasteiger partial charge in [0, 0.05) is 5.69 Å². The Labute approximate surface area is 239 Å². The highest BCUT2D eigenvalue weighted by molar-refractivity contribution is 6.01. The lowest BCUT2D eigenvalue weighted by molar-refractivity contribution is -0.141. The quantitative estimate of drug-likeness (QED) is 0.334. The lowest BCUT2D eigenvalue weighted by Crippen LogP contribution is -2.53. The molecule has 4 N–H and O–H groups in total. The molecule has 0 bridgehead atoms. The first-order valence-electron chi connectivity index (χ1n) is 13.1. The number of aryl methyl sites for hydroxylation is 2. The number of primary amides is 1. The van der Waals surface area contributed by atoms with Crippen molar-refractivity contribution in [2.24, 2.45) is 5.73 Å². The van der Waals surface area contributed by atoms with Gasteiger partial charge in [-0.3, -0.25) is 14.4 Å². The van der Waals surface area contributed by atoms with E-state index < -0.39 is 54.5 Å². The van der Waals surface area contributed by atoms with Crippen molar-refractivity contribution >= 4 is 40.3 Å². The fourth-order valence-electron chi connectivity index (χ4n) is 4.41. The minimum Gasteiger partial charge on any atom is -0.444 e. The molecule has 3 aromatic rings. The molecule has 0 spiro atoms. The number of carbonyl (C=O) groups excluding carboxylic acids is 4. The Bertz CT molecular complexity index is 1500. The van der Waals surface area contributed by atoms with E-state index in [0.717, 1.165) is 21.2 Å².